The van der Waals surface area contributed by atoms with Gasteiger partial charge in [0.1, 0.15) is 5.76 Å². The lowest BCUT2D eigenvalue weighted by Gasteiger charge is -2.22. The van der Waals surface area contributed by atoms with Crippen molar-refractivity contribution < 1.29 is 28.3 Å². The van der Waals surface area contributed by atoms with Crippen LogP contribution >= 0.6 is 0 Å². The van der Waals surface area contributed by atoms with Crippen LogP contribution < -0.4 is 0 Å². The lowest BCUT2D eigenvalue weighted by Crippen LogP contribution is -2.35. The lowest BCUT2D eigenvalue weighted by atomic mass is 10.0. The molecule has 2 heterocycles. The second-order valence-electron chi connectivity index (χ2n) is 7.79. The van der Waals surface area contributed by atoms with Gasteiger partial charge < -0.3 is 14.1 Å². The average Bonchev–Trinajstić information content (AvgIpc) is 3.38. The molecule has 1 aromatic heterocycles. The monoisotopic (exact) mass is 424 g/mol. The van der Waals surface area contributed by atoms with E-state index in [-0.39, 0.29) is 42.5 Å². The van der Waals surface area contributed by atoms with Gasteiger partial charge in [-0.25, -0.2) is 0 Å². The molecule has 162 valence electrons. The molecule has 0 unspecified atom stereocenters. The average molecular weight is 424 g/mol. The molecule has 1 fully saturated rings. The SMILES string of the molecule is CCOC(=O)CCN(CC1CC1)C(=O)c1ccc2c(c1)C(=O)N(Cc1ccco1)C2=O. The molecular formula is C23H24N2O6. The summed E-state index contributed by atoms with van der Waals surface area (Å²) in [5.74, 6) is -0.532. The second kappa shape index (κ2) is 8.75. The first-order chi connectivity index (χ1) is 15.0. The van der Waals surface area contributed by atoms with Crippen molar-refractivity contribution in [2.45, 2.75) is 32.7 Å². The van der Waals surface area contributed by atoms with Crippen molar-refractivity contribution in [1.29, 1.82) is 0 Å². The number of carbonyl (C=O) groups is 4. The first kappa shape index (κ1) is 20.8. The highest BCUT2D eigenvalue weighted by molar-refractivity contribution is 6.22. The Balaban J connectivity index is 1.51. The number of furan rings is 1. The summed E-state index contributed by atoms with van der Waals surface area (Å²) in [6, 6.07) is 7.94. The number of esters is 1. The van der Waals surface area contributed by atoms with Crippen LogP contribution in [0, 0.1) is 5.92 Å². The van der Waals surface area contributed by atoms with Crippen LogP contribution in [0.3, 0.4) is 0 Å². The highest BCUT2D eigenvalue weighted by Crippen LogP contribution is 2.31. The summed E-state index contributed by atoms with van der Waals surface area (Å²) in [4.78, 5) is 53.1. The van der Waals surface area contributed by atoms with E-state index in [1.165, 1.54) is 18.4 Å². The van der Waals surface area contributed by atoms with Gasteiger partial charge in [0.25, 0.3) is 17.7 Å². The molecule has 0 bridgehead atoms. The number of benzene rings is 1. The standard InChI is InChI=1S/C23H24N2O6/c1-2-30-20(26)9-10-24(13-15-5-6-15)21(27)16-7-8-18-19(12-16)23(29)25(22(18)28)14-17-4-3-11-31-17/h3-4,7-8,11-12,15H,2,5-6,9-10,13-14H2,1H3. The van der Waals surface area contributed by atoms with Gasteiger partial charge in [-0.1, -0.05) is 0 Å². The van der Waals surface area contributed by atoms with Gasteiger partial charge in [0.05, 0.1) is 37.0 Å². The van der Waals surface area contributed by atoms with Crippen LogP contribution in [-0.2, 0) is 16.1 Å². The maximum atomic E-state index is 13.2. The molecule has 8 heteroatoms. The minimum Gasteiger partial charge on any atom is -0.467 e. The molecule has 1 saturated carbocycles. The number of fused-ring (bicyclic) bond motifs is 1. The van der Waals surface area contributed by atoms with Gasteiger partial charge in [-0.2, -0.15) is 0 Å². The molecule has 1 aliphatic carbocycles. The van der Waals surface area contributed by atoms with Gasteiger partial charge in [-0.05, 0) is 56.0 Å². The van der Waals surface area contributed by atoms with Gasteiger partial charge in [-0.3, -0.25) is 24.1 Å². The van der Waals surface area contributed by atoms with Gasteiger partial charge in [0, 0.05) is 18.7 Å². The Kier molecular flexibility index (Phi) is 5.88. The van der Waals surface area contributed by atoms with E-state index in [0.29, 0.717) is 30.4 Å². The first-order valence-electron chi connectivity index (χ1n) is 10.5. The zero-order chi connectivity index (χ0) is 22.0. The van der Waals surface area contributed by atoms with Crippen molar-refractivity contribution in [3.05, 3.63) is 59.0 Å². The topological polar surface area (TPSA) is 97.1 Å². The Hall–Kier alpha value is -3.42. The third-order valence-electron chi connectivity index (χ3n) is 5.47. The summed E-state index contributed by atoms with van der Waals surface area (Å²) in [6.45, 7) is 2.89. The zero-order valence-electron chi connectivity index (χ0n) is 17.3. The molecule has 31 heavy (non-hydrogen) atoms. The molecule has 0 atom stereocenters. The maximum Gasteiger partial charge on any atom is 0.307 e. The number of rotatable bonds is 9. The van der Waals surface area contributed by atoms with E-state index in [1.54, 1.807) is 30.0 Å². The van der Waals surface area contributed by atoms with Crippen LogP contribution in [0.25, 0.3) is 0 Å². The Morgan fingerprint density at radius 1 is 1.16 bits per heavy atom. The number of ether oxygens (including phenoxy) is 1. The quantitative estimate of drug-likeness (QED) is 0.454. The van der Waals surface area contributed by atoms with E-state index in [4.69, 9.17) is 9.15 Å². The van der Waals surface area contributed by atoms with Crippen molar-refractivity contribution >= 4 is 23.7 Å². The van der Waals surface area contributed by atoms with Gasteiger partial charge in [0.2, 0.25) is 0 Å². The summed E-state index contributed by atoms with van der Waals surface area (Å²) in [5.41, 5.74) is 0.803. The van der Waals surface area contributed by atoms with E-state index >= 15 is 0 Å². The Morgan fingerprint density at radius 3 is 2.61 bits per heavy atom. The minimum absolute atomic E-state index is 0.0377. The largest absolute Gasteiger partial charge is 0.467 e. The molecule has 3 amide bonds. The van der Waals surface area contributed by atoms with Crippen LogP contribution in [-0.4, -0.2) is 53.2 Å². The van der Waals surface area contributed by atoms with Crippen LogP contribution in [0.15, 0.2) is 41.0 Å². The first-order valence-corrected chi connectivity index (χ1v) is 10.5. The molecule has 2 aliphatic rings. The van der Waals surface area contributed by atoms with E-state index in [2.05, 4.69) is 0 Å². The van der Waals surface area contributed by atoms with Crippen molar-refractivity contribution in [3.8, 4) is 0 Å². The smallest absolute Gasteiger partial charge is 0.307 e. The highest BCUT2D eigenvalue weighted by atomic mass is 16.5. The van der Waals surface area contributed by atoms with Crippen molar-refractivity contribution in [2.24, 2.45) is 5.92 Å². The second-order valence-corrected chi connectivity index (χ2v) is 7.79. The van der Waals surface area contributed by atoms with E-state index in [1.807, 2.05) is 0 Å². The molecule has 1 aliphatic heterocycles. The van der Waals surface area contributed by atoms with Crippen LogP contribution in [0.5, 0.6) is 0 Å². The molecule has 0 N–H and O–H groups in total. The fraction of sp³-hybridized carbons (Fsp3) is 0.391. The summed E-state index contributed by atoms with van der Waals surface area (Å²) in [7, 11) is 0. The summed E-state index contributed by atoms with van der Waals surface area (Å²) < 4.78 is 10.2. The van der Waals surface area contributed by atoms with E-state index in [0.717, 1.165) is 17.7 Å². The maximum absolute atomic E-state index is 13.2. The normalized spacial score (nSPS) is 15.2. The Morgan fingerprint density at radius 2 is 1.94 bits per heavy atom. The number of nitrogens with zero attached hydrogens (tertiary/aromatic N) is 2. The van der Waals surface area contributed by atoms with E-state index in [9.17, 15) is 19.2 Å². The van der Waals surface area contributed by atoms with Crippen LogP contribution in [0.1, 0.15) is 63.0 Å². The number of amides is 3. The summed E-state index contributed by atoms with van der Waals surface area (Å²) >= 11 is 0. The van der Waals surface area contributed by atoms with Crippen molar-refractivity contribution in [3.63, 3.8) is 0 Å². The number of imide groups is 1. The number of hydrogen-bond donors (Lipinski definition) is 0. The van der Waals surface area contributed by atoms with Gasteiger partial charge in [-0.15, -0.1) is 0 Å². The van der Waals surface area contributed by atoms with Gasteiger partial charge in [0.15, 0.2) is 0 Å². The molecule has 0 spiro atoms. The molecule has 4 rings (SSSR count). The molecule has 0 radical (unpaired) electrons. The predicted molar refractivity (Wildman–Crippen MR) is 109 cm³/mol. The summed E-state index contributed by atoms with van der Waals surface area (Å²) in [6.07, 6.45) is 3.71. The molecule has 0 saturated heterocycles. The third-order valence-corrected chi connectivity index (χ3v) is 5.47. The number of hydrogen-bond acceptors (Lipinski definition) is 6. The zero-order valence-corrected chi connectivity index (χ0v) is 17.3. The Labute approximate surface area is 179 Å². The molecule has 2 aromatic rings. The molecule has 8 nitrogen and oxygen atoms in total. The molecule has 1 aromatic carbocycles. The lowest BCUT2D eigenvalue weighted by molar-refractivity contribution is -0.143. The third kappa shape index (κ3) is 4.52. The minimum atomic E-state index is -0.452. The van der Waals surface area contributed by atoms with Crippen LogP contribution in [0.4, 0.5) is 0 Å². The fourth-order valence-corrected chi connectivity index (χ4v) is 3.66. The summed E-state index contributed by atoms with van der Waals surface area (Å²) in [5, 5.41) is 0. The predicted octanol–water partition coefficient (Wildman–Crippen LogP) is 2.88. The van der Waals surface area contributed by atoms with Crippen molar-refractivity contribution in [1.82, 2.24) is 9.80 Å². The number of carbonyl (C=O) groups excluding carboxylic acids is 4. The fourth-order valence-electron chi connectivity index (χ4n) is 3.66. The molecular weight excluding hydrogens is 400 g/mol. The highest BCUT2D eigenvalue weighted by Gasteiger charge is 2.37. The Bertz CT molecular complexity index is 1010. The van der Waals surface area contributed by atoms with E-state index < -0.39 is 11.8 Å². The van der Waals surface area contributed by atoms with Crippen molar-refractivity contribution in [2.75, 3.05) is 19.7 Å². The van der Waals surface area contributed by atoms with Crippen LogP contribution in [0.2, 0.25) is 0 Å². The van der Waals surface area contributed by atoms with Gasteiger partial charge >= 0.3 is 5.97 Å².